The molecule has 7 nitrogen and oxygen atoms in total. The second-order valence-electron chi connectivity index (χ2n) is 8.13. The van der Waals surface area contributed by atoms with E-state index in [1.165, 1.54) is 12.1 Å². The SMILES string of the molecule is Nc1c(C(=O)OC(C(=O)NC2CC2)c2ccccc2)ccc2c1C(=O)c1ccccc1C2=O. The Morgan fingerprint density at radius 1 is 0.848 bits per heavy atom. The Morgan fingerprint density at radius 3 is 2.15 bits per heavy atom. The van der Waals surface area contributed by atoms with Crippen molar-refractivity contribution in [3.05, 3.63) is 100 Å². The third kappa shape index (κ3) is 3.67. The van der Waals surface area contributed by atoms with Gasteiger partial charge in [0.2, 0.25) is 6.10 Å². The predicted molar refractivity (Wildman–Crippen MR) is 120 cm³/mol. The van der Waals surface area contributed by atoms with Gasteiger partial charge in [-0.1, -0.05) is 54.6 Å². The minimum absolute atomic E-state index is 0.0214. The fraction of sp³-hybridized carbons (Fsp3) is 0.154. The molecule has 0 bridgehead atoms. The van der Waals surface area contributed by atoms with E-state index in [1.54, 1.807) is 54.6 Å². The van der Waals surface area contributed by atoms with Gasteiger partial charge in [0.05, 0.1) is 16.8 Å². The molecule has 3 N–H and O–H groups in total. The molecule has 0 radical (unpaired) electrons. The molecule has 0 heterocycles. The summed E-state index contributed by atoms with van der Waals surface area (Å²) in [6.07, 6.45) is 0.598. The standard InChI is InChI=1S/C26H20N2O5/c27-21-19(13-12-18-20(21)23(30)17-9-5-4-8-16(17)22(18)29)26(32)33-24(14-6-2-1-3-7-14)25(31)28-15-10-11-15/h1-9,12-13,15,24H,10-11,27H2,(H,28,31). The molecule has 2 aliphatic carbocycles. The topological polar surface area (TPSA) is 116 Å². The second-order valence-corrected chi connectivity index (χ2v) is 8.13. The van der Waals surface area contributed by atoms with Gasteiger partial charge in [-0.05, 0) is 25.0 Å². The third-order valence-corrected chi connectivity index (χ3v) is 5.84. The lowest BCUT2D eigenvalue weighted by molar-refractivity contribution is -0.130. The van der Waals surface area contributed by atoms with Gasteiger partial charge < -0.3 is 15.8 Å². The van der Waals surface area contributed by atoms with Crippen molar-refractivity contribution in [1.82, 2.24) is 5.32 Å². The van der Waals surface area contributed by atoms with Gasteiger partial charge in [0.15, 0.2) is 11.6 Å². The molecule has 1 atom stereocenters. The van der Waals surface area contributed by atoms with Crippen molar-refractivity contribution in [1.29, 1.82) is 0 Å². The highest BCUT2D eigenvalue weighted by atomic mass is 16.5. The summed E-state index contributed by atoms with van der Waals surface area (Å²) in [7, 11) is 0. The van der Waals surface area contributed by atoms with E-state index in [1.807, 2.05) is 0 Å². The number of carbonyl (C=O) groups excluding carboxylic acids is 4. The molecule has 7 heteroatoms. The molecule has 0 spiro atoms. The van der Waals surface area contributed by atoms with E-state index in [0.29, 0.717) is 11.1 Å². The molecule has 2 aliphatic rings. The van der Waals surface area contributed by atoms with Gasteiger partial charge in [0.1, 0.15) is 0 Å². The van der Waals surface area contributed by atoms with Crippen molar-refractivity contribution >= 4 is 29.1 Å². The normalized spacial score (nSPS) is 15.3. The summed E-state index contributed by atoms with van der Waals surface area (Å²) in [5, 5.41) is 2.85. The Hall–Kier alpha value is -4.26. The summed E-state index contributed by atoms with van der Waals surface area (Å²) in [5.74, 6) is -2.04. The Labute approximate surface area is 189 Å². The molecule has 1 fully saturated rings. The summed E-state index contributed by atoms with van der Waals surface area (Å²) >= 11 is 0. The highest BCUT2D eigenvalue weighted by Crippen LogP contribution is 2.33. The van der Waals surface area contributed by atoms with E-state index in [0.717, 1.165) is 12.8 Å². The smallest absolute Gasteiger partial charge is 0.341 e. The molecule has 0 aromatic heterocycles. The lowest BCUT2D eigenvalue weighted by atomic mass is 9.82. The van der Waals surface area contributed by atoms with Crippen LogP contribution >= 0.6 is 0 Å². The molecule has 3 aromatic rings. The number of nitrogen functional groups attached to an aromatic ring is 1. The number of esters is 1. The number of anilines is 1. The summed E-state index contributed by atoms with van der Waals surface area (Å²) in [5.41, 5.74) is 7.17. The number of ketones is 2. The van der Waals surface area contributed by atoms with Crippen LogP contribution in [0.5, 0.6) is 0 Å². The molecule has 1 saturated carbocycles. The first-order valence-corrected chi connectivity index (χ1v) is 10.6. The maximum atomic E-state index is 13.1. The number of ether oxygens (including phenoxy) is 1. The van der Waals surface area contributed by atoms with Gasteiger partial charge in [-0.25, -0.2) is 4.79 Å². The lowest BCUT2D eigenvalue weighted by Gasteiger charge is -2.21. The van der Waals surface area contributed by atoms with Gasteiger partial charge in [-0.2, -0.15) is 0 Å². The minimum Gasteiger partial charge on any atom is -0.444 e. The second kappa shape index (κ2) is 8.02. The van der Waals surface area contributed by atoms with Crippen molar-refractivity contribution in [2.24, 2.45) is 0 Å². The number of fused-ring (bicyclic) bond motifs is 2. The van der Waals surface area contributed by atoms with Crippen LogP contribution in [-0.2, 0) is 9.53 Å². The van der Waals surface area contributed by atoms with Crippen LogP contribution < -0.4 is 11.1 Å². The number of benzene rings is 3. The van der Waals surface area contributed by atoms with Crippen LogP contribution in [0.3, 0.4) is 0 Å². The predicted octanol–water partition coefficient (Wildman–Crippen LogP) is 3.22. The molecular weight excluding hydrogens is 420 g/mol. The van der Waals surface area contributed by atoms with Crippen LogP contribution in [0, 0.1) is 0 Å². The first kappa shape index (κ1) is 20.6. The number of hydrogen-bond donors (Lipinski definition) is 2. The highest BCUT2D eigenvalue weighted by molar-refractivity contribution is 6.30. The number of hydrogen-bond acceptors (Lipinski definition) is 6. The van der Waals surface area contributed by atoms with Crippen molar-refractivity contribution in [2.45, 2.75) is 25.0 Å². The van der Waals surface area contributed by atoms with E-state index in [4.69, 9.17) is 10.5 Å². The zero-order chi connectivity index (χ0) is 23.1. The number of rotatable bonds is 5. The summed E-state index contributed by atoms with van der Waals surface area (Å²) in [6, 6.07) is 18.0. The van der Waals surface area contributed by atoms with Crippen LogP contribution in [0.1, 0.15) is 66.7 Å². The van der Waals surface area contributed by atoms with Crippen LogP contribution in [0.25, 0.3) is 0 Å². The van der Waals surface area contributed by atoms with E-state index in [9.17, 15) is 19.2 Å². The van der Waals surface area contributed by atoms with Gasteiger partial charge in [0, 0.05) is 28.3 Å². The van der Waals surface area contributed by atoms with Crippen LogP contribution in [0.4, 0.5) is 5.69 Å². The van der Waals surface area contributed by atoms with Crippen molar-refractivity contribution < 1.29 is 23.9 Å². The average Bonchev–Trinajstić information content (AvgIpc) is 3.65. The Kier molecular flexibility index (Phi) is 5.01. The van der Waals surface area contributed by atoms with Crippen LogP contribution in [-0.4, -0.2) is 29.5 Å². The number of amides is 1. The Morgan fingerprint density at radius 2 is 1.48 bits per heavy atom. The molecule has 0 aliphatic heterocycles. The lowest BCUT2D eigenvalue weighted by Crippen LogP contribution is -2.33. The largest absolute Gasteiger partial charge is 0.444 e. The van der Waals surface area contributed by atoms with Crippen LogP contribution in [0.2, 0.25) is 0 Å². The zero-order valence-corrected chi connectivity index (χ0v) is 17.5. The molecule has 5 rings (SSSR count). The zero-order valence-electron chi connectivity index (χ0n) is 17.5. The minimum atomic E-state index is -1.17. The Balaban J connectivity index is 1.49. The Bertz CT molecular complexity index is 1310. The third-order valence-electron chi connectivity index (χ3n) is 5.84. The molecular formula is C26H20N2O5. The van der Waals surface area contributed by atoms with E-state index in [-0.39, 0.29) is 39.8 Å². The van der Waals surface area contributed by atoms with Crippen LogP contribution in [0.15, 0.2) is 66.7 Å². The molecule has 164 valence electrons. The highest BCUT2D eigenvalue weighted by Gasteiger charge is 2.35. The number of nitrogens with two attached hydrogens (primary N) is 1. The maximum absolute atomic E-state index is 13.1. The number of carbonyl (C=O) groups is 4. The molecule has 1 unspecified atom stereocenters. The molecule has 1 amide bonds. The van der Waals surface area contributed by atoms with Gasteiger partial charge in [0.25, 0.3) is 5.91 Å². The van der Waals surface area contributed by atoms with E-state index < -0.39 is 23.8 Å². The maximum Gasteiger partial charge on any atom is 0.341 e. The van der Waals surface area contributed by atoms with Gasteiger partial charge in [-0.3, -0.25) is 14.4 Å². The monoisotopic (exact) mass is 440 g/mol. The fourth-order valence-electron chi connectivity index (χ4n) is 3.97. The number of nitrogens with one attached hydrogen (secondary N) is 1. The summed E-state index contributed by atoms with van der Waals surface area (Å²) in [4.78, 5) is 51.8. The summed E-state index contributed by atoms with van der Waals surface area (Å²) < 4.78 is 5.59. The molecule has 33 heavy (non-hydrogen) atoms. The first-order chi connectivity index (χ1) is 16.0. The molecule has 3 aromatic carbocycles. The fourth-order valence-corrected chi connectivity index (χ4v) is 3.97. The van der Waals surface area contributed by atoms with Gasteiger partial charge in [-0.15, -0.1) is 0 Å². The van der Waals surface area contributed by atoms with Crippen molar-refractivity contribution in [3.63, 3.8) is 0 Å². The first-order valence-electron chi connectivity index (χ1n) is 10.6. The quantitative estimate of drug-likeness (QED) is 0.364. The van der Waals surface area contributed by atoms with Crippen molar-refractivity contribution in [3.8, 4) is 0 Å². The van der Waals surface area contributed by atoms with E-state index in [2.05, 4.69) is 5.32 Å². The van der Waals surface area contributed by atoms with E-state index >= 15 is 0 Å². The molecule has 0 saturated heterocycles. The van der Waals surface area contributed by atoms with Gasteiger partial charge >= 0.3 is 5.97 Å². The average molecular weight is 440 g/mol. The summed E-state index contributed by atoms with van der Waals surface area (Å²) in [6.45, 7) is 0. The van der Waals surface area contributed by atoms with Crippen molar-refractivity contribution in [2.75, 3.05) is 5.73 Å².